The molecule has 0 fully saturated rings. The van der Waals surface area contributed by atoms with Crippen LogP contribution in [0.2, 0.25) is 0 Å². The summed E-state index contributed by atoms with van der Waals surface area (Å²) in [4.78, 5) is 13.7. The fourth-order valence-electron chi connectivity index (χ4n) is 3.44. The Balaban J connectivity index is 1.61. The van der Waals surface area contributed by atoms with Crippen molar-refractivity contribution in [2.75, 3.05) is 11.9 Å². The third-order valence-corrected chi connectivity index (χ3v) is 7.25. The highest BCUT2D eigenvalue weighted by Crippen LogP contribution is 2.39. The maximum absolute atomic E-state index is 12.4. The number of nitrogens with zero attached hydrogens (tertiary/aromatic N) is 1. The molecule has 2 atom stereocenters. The Kier molecular flexibility index (Phi) is 6.39. The van der Waals surface area contributed by atoms with Crippen LogP contribution in [0, 0.1) is 17.2 Å². The predicted octanol–water partition coefficient (Wildman–Crippen LogP) is 2.68. The van der Waals surface area contributed by atoms with Gasteiger partial charge in [0.1, 0.15) is 11.1 Å². The minimum absolute atomic E-state index is 0.0474. The number of nitrogens with two attached hydrogens (primary N) is 1. The van der Waals surface area contributed by atoms with Crippen LogP contribution in [0.15, 0.2) is 29.2 Å². The normalized spacial score (nSPS) is 17.2. The molecule has 1 aliphatic rings. The van der Waals surface area contributed by atoms with Gasteiger partial charge < -0.3 is 10.6 Å². The van der Waals surface area contributed by atoms with Crippen LogP contribution in [0.4, 0.5) is 5.00 Å². The molecule has 9 heteroatoms. The van der Waals surface area contributed by atoms with Crippen molar-refractivity contribution in [1.29, 1.82) is 5.26 Å². The smallest absolute Gasteiger partial charge is 0.238 e. The van der Waals surface area contributed by atoms with E-state index in [9.17, 15) is 18.5 Å². The molecule has 0 saturated carbocycles. The minimum Gasteiger partial charge on any atom is -0.315 e. The summed E-state index contributed by atoms with van der Waals surface area (Å²) in [6, 6.07) is 8.30. The van der Waals surface area contributed by atoms with Crippen LogP contribution < -0.4 is 15.8 Å². The molecule has 7 nitrogen and oxygen atoms in total. The summed E-state index contributed by atoms with van der Waals surface area (Å²) >= 11 is 1.50. The van der Waals surface area contributed by atoms with Crippen molar-refractivity contribution in [2.45, 2.75) is 44.0 Å². The molecule has 2 aromatic rings. The van der Waals surface area contributed by atoms with E-state index in [4.69, 9.17) is 5.14 Å². The number of rotatable bonds is 6. The zero-order valence-corrected chi connectivity index (χ0v) is 18.0. The zero-order chi connectivity index (χ0) is 21.2. The Morgan fingerprint density at radius 3 is 2.69 bits per heavy atom. The average molecular weight is 433 g/mol. The number of nitrogens with one attached hydrogen (secondary N) is 2. The Labute approximate surface area is 175 Å². The number of primary sulfonamides is 1. The highest BCUT2D eigenvalue weighted by atomic mass is 32.2. The number of nitriles is 1. The van der Waals surface area contributed by atoms with Crippen molar-refractivity contribution < 1.29 is 13.2 Å². The second-order valence-corrected chi connectivity index (χ2v) is 10.1. The molecule has 0 unspecified atom stereocenters. The molecule has 1 aromatic carbocycles. The van der Waals surface area contributed by atoms with Crippen molar-refractivity contribution in [3.8, 4) is 6.07 Å². The maximum Gasteiger partial charge on any atom is 0.238 e. The molecule has 3 rings (SSSR count). The molecular weight excluding hydrogens is 408 g/mol. The quantitative estimate of drug-likeness (QED) is 0.647. The lowest BCUT2D eigenvalue weighted by Gasteiger charge is -2.17. The first kappa shape index (κ1) is 21.5. The lowest BCUT2D eigenvalue weighted by atomic mass is 9.89. The van der Waals surface area contributed by atoms with Crippen LogP contribution in [0.3, 0.4) is 0 Å². The third-order valence-electron chi connectivity index (χ3n) is 5.15. The molecule has 154 valence electrons. The van der Waals surface area contributed by atoms with E-state index in [1.54, 1.807) is 12.1 Å². The van der Waals surface area contributed by atoms with E-state index in [1.165, 1.54) is 28.3 Å². The van der Waals surface area contributed by atoms with Gasteiger partial charge in [-0.05, 0) is 55.4 Å². The average Bonchev–Trinajstić information content (AvgIpc) is 3.01. The molecule has 0 saturated heterocycles. The lowest BCUT2D eigenvalue weighted by molar-refractivity contribution is -0.115. The first-order valence-corrected chi connectivity index (χ1v) is 11.8. The van der Waals surface area contributed by atoms with E-state index in [0.717, 1.165) is 30.4 Å². The van der Waals surface area contributed by atoms with Gasteiger partial charge in [-0.15, -0.1) is 11.3 Å². The molecule has 1 aromatic heterocycles. The van der Waals surface area contributed by atoms with Gasteiger partial charge in [-0.1, -0.05) is 19.1 Å². The molecule has 0 spiro atoms. The summed E-state index contributed by atoms with van der Waals surface area (Å²) in [5.41, 5.74) is 2.52. The topological polar surface area (TPSA) is 125 Å². The van der Waals surface area contributed by atoms with Gasteiger partial charge in [-0.2, -0.15) is 5.26 Å². The van der Waals surface area contributed by atoms with Gasteiger partial charge in [0.15, 0.2) is 0 Å². The minimum atomic E-state index is -3.73. The summed E-state index contributed by atoms with van der Waals surface area (Å²) in [5.74, 6) is 0.376. The van der Waals surface area contributed by atoms with E-state index in [0.29, 0.717) is 16.5 Å². The molecule has 1 heterocycles. The number of carbonyl (C=O) groups excluding carboxylic acids is 1. The predicted molar refractivity (Wildman–Crippen MR) is 113 cm³/mol. The van der Waals surface area contributed by atoms with Crippen molar-refractivity contribution in [3.63, 3.8) is 0 Å². The summed E-state index contributed by atoms with van der Waals surface area (Å²) in [5, 5.41) is 21.2. The molecule has 0 bridgehead atoms. The molecule has 0 aliphatic heterocycles. The second kappa shape index (κ2) is 8.63. The molecule has 1 aliphatic carbocycles. The van der Waals surface area contributed by atoms with Gasteiger partial charge >= 0.3 is 0 Å². The molecule has 29 heavy (non-hydrogen) atoms. The highest BCUT2D eigenvalue weighted by molar-refractivity contribution is 7.89. The van der Waals surface area contributed by atoms with E-state index >= 15 is 0 Å². The van der Waals surface area contributed by atoms with E-state index in [2.05, 4.69) is 23.6 Å². The van der Waals surface area contributed by atoms with Crippen LogP contribution in [-0.4, -0.2) is 20.9 Å². The Morgan fingerprint density at radius 2 is 2.07 bits per heavy atom. The number of hydrogen-bond acceptors (Lipinski definition) is 6. The van der Waals surface area contributed by atoms with E-state index in [1.807, 2.05) is 6.92 Å². The lowest BCUT2D eigenvalue weighted by Crippen LogP contribution is -2.30. The van der Waals surface area contributed by atoms with Gasteiger partial charge in [0, 0.05) is 10.9 Å². The molecular formula is C20H24N4O3S2. The first-order valence-electron chi connectivity index (χ1n) is 9.39. The zero-order valence-electron chi connectivity index (χ0n) is 16.4. The van der Waals surface area contributed by atoms with Crippen molar-refractivity contribution in [3.05, 3.63) is 45.8 Å². The van der Waals surface area contributed by atoms with Crippen molar-refractivity contribution in [2.24, 2.45) is 11.1 Å². The summed E-state index contributed by atoms with van der Waals surface area (Å²) < 4.78 is 22.7. The van der Waals surface area contributed by atoms with Gasteiger partial charge in [0.2, 0.25) is 15.9 Å². The number of amides is 1. The van der Waals surface area contributed by atoms with Gasteiger partial charge in [-0.3, -0.25) is 4.79 Å². The molecule has 4 N–H and O–H groups in total. The van der Waals surface area contributed by atoms with E-state index < -0.39 is 10.0 Å². The molecule has 0 radical (unpaired) electrons. The second-order valence-electron chi connectivity index (χ2n) is 7.43. The number of benzene rings is 1. The fourth-order valence-corrected chi connectivity index (χ4v) is 5.33. The first-order chi connectivity index (χ1) is 13.7. The molecule has 1 amide bonds. The largest absolute Gasteiger partial charge is 0.315 e. The summed E-state index contributed by atoms with van der Waals surface area (Å²) in [7, 11) is -3.73. The Hall–Kier alpha value is -2.25. The highest BCUT2D eigenvalue weighted by Gasteiger charge is 2.24. The van der Waals surface area contributed by atoms with Gasteiger partial charge in [-0.25, -0.2) is 13.6 Å². The monoisotopic (exact) mass is 432 g/mol. The van der Waals surface area contributed by atoms with Gasteiger partial charge in [0.25, 0.3) is 0 Å². The SMILES string of the molecule is C[C@@H]1CCc2c(sc(NC(=O)CN[C@@H](C)c3ccc(S(N)(=O)=O)cc3)c2C#N)C1. The number of hydrogen-bond donors (Lipinski definition) is 3. The summed E-state index contributed by atoms with van der Waals surface area (Å²) in [6.07, 6.45) is 2.90. The van der Waals surface area contributed by atoms with Gasteiger partial charge in [0.05, 0.1) is 17.0 Å². The number of carbonyl (C=O) groups is 1. The van der Waals surface area contributed by atoms with Crippen LogP contribution in [0.5, 0.6) is 0 Å². The van der Waals surface area contributed by atoms with Crippen LogP contribution >= 0.6 is 11.3 Å². The van der Waals surface area contributed by atoms with Crippen LogP contribution in [0.25, 0.3) is 0 Å². The number of anilines is 1. The third kappa shape index (κ3) is 5.03. The Morgan fingerprint density at radius 1 is 1.38 bits per heavy atom. The number of fused-ring (bicyclic) bond motifs is 1. The van der Waals surface area contributed by atoms with E-state index in [-0.39, 0.29) is 23.4 Å². The fraction of sp³-hybridized carbons (Fsp3) is 0.400. The number of sulfonamides is 1. The van der Waals surface area contributed by atoms with Crippen LogP contribution in [0.1, 0.15) is 47.9 Å². The van der Waals surface area contributed by atoms with Crippen LogP contribution in [-0.2, 0) is 27.7 Å². The number of thiophene rings is 1. The Bertz CT molecular complexity index is 1050. The standard InChI is InChI=1S/C20H24N4O3S2/c1-12-3-8-16-17(10-21)20(28-18(16)9-12)24-19(25)11-23-13(2)14-4-6-15(7-5-14)29(22,26)27/h4-7,12-13,23H,3,8-9,11H2,1-2H3,(H,24,25)(H2,22,26,27)/t12-,13+/m1/s1. The van der Waals surface area contributed by atoms with Crippen molar-refractivity contribution >= 4 is 32.3 Å². The summed E-state index contributed by atoms with van der Waals surface area (Å²) in [6.45, 7) is 4.15. The van der Waals surface area contributed by atoms with Crippen molar-refractivity contribution in [1.82, 2.24) is 5.32 Å². The maximum atomic E-state index is 12.4.